The van der Waals surface area contributed by atoms with Crippen LogP contribution in [0.2, 0.25) is 0 Å². The van der Waals surface area contributed by atoms with E-state index >= 15 is 0 Å². The Kier molecular flexibility index (Phi) is 5.38. The lowest BCUT2D eigenvalue weighted by atomic mass is 9.94. The van der Waals surface area contributed by atoms with Crippen molar-refractivity contribution in [2.75, 3.05) is 13.7 Å². The van der Waals surface area contributed by atoms with Crippen molar-refractivity contribution in [2.24, 2.45) is 5.92 Å². The third-order valence-corrected chi connectivity index (χ3v) is 3.30. The van der Waals surface area contributed by atoms with Gasteiger partial charge in [-0.25, -0.2) is 4.39 Å². The molecule has 0 heterocycles. The van der Waals surface area contributed by atoms with Gasteiger partial charge in [0.1, 0.15) is 5.82 Å². The predicted octanol–water partition coefficient (Wildman–Crippen LogP) is 3.29. The first kappa shape index (κ1) is 13.6. The van der Waals surface area contributed by atoms with Crippen molar-refractivity contribution < 1.29 is 14.2 Å². The van der Waals surface area contributed by atoms with Crippen LogP contribution in [-0.2, 0) is 4.74 Å². The minimum absolute atomic E-state index is 0.0480. The standard InChI is InChI=1S/C12H16BrFO2/c1-8(6-7-16-2)12(15)11-9(13)4-3-5-10(11)14/h3-5,8,12,15H,6-7H2,1-2H3. The van der Waals surface area contributed by atoms with E-state index in [9.17, 15) is 9.50 Å². The molecule has 0 aliphatic carbocycles. The summed E-state index contributed by atoms with van der Waals surface area (Å²) in [5, 5.41) is 10.1. The zero-order chi connectivity index (χ0) is 12.1. The van der Waals surface area contributed by atoms with Crippen molar-refractivity contribution in [3.8, 4) is 0 Å². The summed E-state index contributed by atoms with van der Waals surface area (Å²) in [5.41, 5.74) is 0.325. The zero-order valence-corrected chi connectivity index (χ0v) is 11.0. The van der Waals surface area contributed by atoms with Gasteiger partial charge in [0.05, 0.1) is 6.10 Å². The number of ether oxygens (including phenoxy) is 1. The summed E-state index contributed by atoms with van der Waals surface area (Å²) in [6.07, 6.45) is -0.121. The minimum Gasteiger partial charge on any atom is -0.388 e. The van der Waals surface area contributed by atoms with Gasteiger partial charge in [0.25, 0.3) is 0 Å². The number of hydrogen-bond donors (Lipinski definition) is 1. The van der Waals surface area contributed by atoms with Crippen molar-refractivity contribution in [3.05, 3.63) is 34.1 Å². The Hall–Kier alpha value is -0.450. The van der Waals surface area contributed by atoms with Crippen LogP contribution < -0.4 is 0 Å². The Labute approximate surface area is 104 Å². The molecule has 1 aromatic carbocycles. The Morgan fingerprint density at radius 3 is 2.75 bits per heavy atom. The SMILES string of the molecule is COCCC(C)C(O)c1c(F)cccc1Br. The molecule has 0 spiro atoms. The van der Waals surface area contributed by atoms with Gasteiger partial charge < -0.3 is 9.84 Å². The molecule has 0 aliphatic rings. The fraction of sp³-hybridized carbons (Fsp3) is 0.500. The van der Waals surface area contributed by atoms with Gasteiger partial charge in [-0.15, -0.1) is 0 Å². The summed E-state index contributed by atoms with van der Waals surface area (Å²) in [6, 6.07) is 4.69. The molecule has 0 radical (unpaired) electrons. The number of rotatable bonds is 5. The molecule has 1 rings (SSSR count). The molecule has 0 saturated heterocycles. The molecule has 2 unspecified atom stereocenters. The Bertz CT molecular complexity index is 324. The van der Waals surface area contributed by atoms with E-state index in [1.54, 1.807) is 19.2 Å². The van der Waals surface area contributed by atoms with Crippen LogP contribution in [0.15, 0.2) is 22.7 Å². The monoisotopic (exact) mass is 290 g/mol. The van der Waals surface area contributed by atoms with Gasteiger partial charge in [-0.05, 0) is 24.5 Å². The van der Waals surface area contributed by atoms with Gasteiger partial charge in [-0.2, -0.15) is 0 Å². The molecular formula is C12H16BrFO2. The maximum Gasteiger partial charge on any atom is 0.130 e. The van der Waals surface area contributed by atoms with Crippen molar-refractivity contribution in [1.29, 1.82) is 0 Å². The summed E-state index contributed by atoms with van der Waals surface area (Å²) in [5.74, 6) is -0.431. The van der Waals surface area contributed by atoms with E-state index in [0.29, 0.717) is 23.1 Å². The number of aliphatic hydroxyl groups is 1. The first-order valence-corrected chi connectivity index (χ1v) is 5.98. The minimum atomic E-state index is -0.814. The third-order valence-electron chi connectivity index (χ3n) is 2.61. The average molecular weight is 291 g/mol. The van der Waals surface area contributed by atoms with E-state index in [0.717, 1.165) is 0 Å². The summed E-state index contributed by atoms with van der Waals surface area (Å²) < 4.78 is 19.1. The molecule has 0 saturated carbocycles. The lowest BCUT2D eigenvalue weighted by molar-refractivity contribution is 0.0853. The van der Waals surface area contributed by atoms with Crippen LogP contribution in [0.4, 0.5) is 4.39 Å². The second kappa shape index (κ2) is 6.33. The Morgan fingerprint density at radius 1 is 1.50 bits per heavy atom. The summed E-state index contributed by atoms with van der Waals surface area (Å²) in [6.45, 7) is 2.44. The molecule has 0 aliphatic heterocycles. The number of hydrogen-bond acceptors (Lipinski definition) is 2. The molecule has 1 N–H and O–H groups in total. The smallest absolute Gasteiger partial charge is 0.130 e. The highest BCUT2D eigenvalue weighted by molar-refractivity contribution is 9.10. The van der Waals surface area contributed by atoms with E-state index < -0.39 is 6.10 Å². The highest BCUT2D eigenvalue weighted by Crippen LogP contribution is 2.32. The molecule has 0 fully saturated rings. The first-order valence-electron chi connectivity index (χ1n) is 5.18. The quantitative estimate of drug-likeness (QED) is 0.902. The molecule has 16 heavy (non-hydrogen) atoms. The summed E-state index contributed by atoms with van der Waals surface area (Å²) in [4.78, 5) is 0. The second-order valence-electron chi connectivity index (χ2n) is 3.84. The highest BCUT2D eigenvalue weighted by Gasteiger charge is 2.21. The van der Waals surface area contributed by atoms with Gasteiger partial charge >= 0.3 is 0 Å². The largest absolute Gasteiger partial charge is 0.388 e. The number of benzene rings is 1. The van der Waals surface area contributed by atoms with Crippen LogP contribution in [0.5, 0.6) is 0 Å². The van der Waals surface area contributed by atoms with Crippen LogP contribution in [0.25, 0.3) is 0 Å². The summed E-state index contributed by atoms with van der Waals surface area (Å²) >= 11 is 3.25. The summed E-state index contributed by atoms with van der Waals surface area (Å²) in [7, 11) is 1.61. The first-order chi connectivity index (χ1) is 7.57. The second-order valence-corrected chi connectivity index (χ2v) is 4.69. The van der Waals surface area contributed by atoms with Crippen LogP contribution in [0, 0.1) is 11.7 Å². The van der Waals surface area contributed by atoms with E-state index in [2.05, 4.69) is 15.9 Å². The van der Waals surface area contributed by atoms with Crippen LogP contribution in [-0.4, -0.2) is 18.8 Å². The number of aliphatic hydroxyl groups excluding tert-OH is 1. The van der Waals surface area contributed by atoms with Gasteiger partial charge in [-0.3, -0.25) is 0 Å². The number of methoxy groups -OCH3 is 1. The van der Waals surface area contributed by atoms with E-state index in [-0.39, 0.29) is 11.7 Å². The van der Waals surface area contributed by atoms with Crippen LogP contribution >= 0.6 is 15.9 Å². The fourth-order valence-electron chi connectivity index (χ4n) is 1.54. The highest BCUT2D eigenvalue weighted by atomic mass is 79.9. The Balaban J connectivity index is 2.82. The van der Waals surface area contributed by atoms with Crippen LogP contribution in [0.1, 0.15) is 25.0 Å². The third kappa shape index (κ3) is 3.27. The molecule has 0 aromatic heterocycles. The number of halogens is 2. The Morgan fingerprint density at radius 2 is 2.19 bits per heavy atom. The predicted molar refractivity (Wildman–Crippen MR) is 64.7 cm³/mol. The zero-order valence-electron chi connectivity index (χ0n) is 9.41. The lowest BCUT2D eigenvalue weighted by Gasteiger charge is -2.20. The van der Waals surface area contributed by atoms with Gasteiger partial charge in [0, 0.05) is 23.8 Å². The fourth-order valence-corrected chi connectivity index (χ4v) is 2.12. The maximum absolute atomic E-state index is 13.6. The molecule has 90 valence electrons. The average Bonchev–Trinajstić information content (AvgIpc) is 2.25. The maximum atomic E-state index is 13.6. The molecule has 0 amide bonds. The van der Waals surface area contributed by atoms with Crippen molar-refractivity contribution in [1.82, 2.24) is 0 Å². The molecule has 4 heteroatoms. The van der Waals surface area contributed by atoms with Gasteiger partial charge in [-0.1, -0.05) is 28.9 Å². The van der Waals surface area contributed by atoms with E-state index in [4.69, 9.17) is 4.74 Å². The van der Waals surface area contributed by atoms with Crippen molar-refractivity contribution in [2.45, 2.75) is 19.4 Å². The lowest BCUT2D eigenvalue weighted by Crippen LogP contribution is -2.13. The van der Waals surface area contributed by atoms with Crippen LogP contribution in [0.3, 0.4) is 0 Å². The van der Waals surface area contributed by atoms with E-state index in [1.165, 1.54) is 6.07 Å². The van der Waals surface area contributed by atoms with Crippen molar-refractivity contribution in [3.63, 3.8) is 0 Å². The molecule has 1 aromatic rings. The normalized spacial score (nSPS) is 14.8. The molecule has 0 bridgehead atoms. The molecule has 2 atom stereocenters. The van der Waals surface area contributed by atoms with Gasteiger partial charge in [0.2, 0.25) is 0 Å². The topological polar surface area (TPSA) is 29.5 Å². The van der Waals surface area contributed by atoms with Crippen molar-refractivity contribution >= 4 is 15.9 Å². The molecular weight excluding hydrogens is 275 g/mol. The molecule has 2 nitrogen and oxygen atoms in total. The van der Waals surface area contributed by atoms with E-state index in [1.807, 2.05) is 6.92 Å². The van der Waals surface area contributed by atoms with Gasteiger partial charge in [0.15, 0.2) is 0 Å².